The van der Waals surface area contributed by atoms with E-state index in [4.69, 9.17) is 4.52 Å². The monoisotopic (exact) mass is 261 g/mol. The second-order valence-corrected chi connectivity index (χ2v) is 4.03. The minimum Gasteiger partial charge on any atom is -0.364 e. The maximum Gasteiger partial charge on any atom is 0.191 e. The molecule has 102 valence electrons. The average molecular weight is 261 g/mol. The second-order valence-electron chi connectivity index (χ2n) is 4.03. The van der Waals surface area contributed by atoms with Crippen molar-refractivity contribution in [2.75, 3.05) is 13.1 Å². The van der Waals surface area contributed by atoms with E-state index in [0.717, 1.165) is 31.3 Å². The quantitative estimate of drug-likeness (QED) is 0.606. The number of nitrogens with zero attached hydrogens (tertiary/aromatic N) is 3. The fourth-order valence-electron chi connectivity index (χ4n) is 1.64. The highest BCUT2D eigenvalue weighted by Crippen LogP contribution is 1.96. The normalized spacial score (nSPS) is 11.5. The highest BCUT2D eigenvalue weighted by molar-refractivity contribution is 5.79. The highest BCUT2D eigenvalue weighted by atomic mass is 16.5. The molecule has 0 aliphatic rings. The van der Waals surface area contributed by atoms with Crippen LogP contribution in [0.15, 0.2) is 46.4 Å². The van der Waals surface area contributed by atoms with Gasteiger partial charge in [-0.1, -0.05) is 5.16 Å². The Kier molecular flexibility index (Phi) is 5.04. The molecule has 0 fully saturated rings. The molecule has 0 atom stereocenters. The zero-order chi connectivity index (χ0) is 13.3. The third-order valence-electron chi connectivity index (χ3n) is 2.56. The maximum absolute atomic E-state index is 4.77. The summed E-state index contributed by atoms with van der Waals surface area (Å²) in [6.45, 7) is 5.10. The molecule has 2 N–H and O–H groups in total. The van der Waals surface area contributed by atoms with Crippen molar-refractivity contribution in [3.05, 3.63) is 42.5 Å². The predicted molar refractivity (Wildman–Crippen MR) is 73.8 cm³/mol. The van der Waals surface area contributed by atoms with Crippen molar-refractivity contribution < 1.29 is 4.52 Å². The number of hydrogen-bond acceptors (Lipinski definition) is 3. The van der Waals surface area contributed by atoms with Crippen LogP contribution in [0.2, 0.25) is 0 Å². The molecular formula is C13H19N5O. The topological polar surface area (TPSA) is 67.4 Å². The standard InChI is InChI=1S/C13H19N5O/c1-2-14-13(16-11-12-5-10-19-17-12)15-6-9-18-7-3-4-8-18/h3-5,7-8,10H,2,6,9,11H2,1H3,(H2,14,15,16). The summed E-state index contributed by atoms with van der Waals surface area (Å²) in [5, 5.41) is 10.3. The number of guanidine groups is 1. The molecule has 0 saturated carbocycles. The molecular weight excluding hydrogens is 242 g/mol. The van der Waals surface area contributed by atoms with Gasteiger partial charge in [-0.2, -0.15) is 0 Å². The second kappa shape index (κ2) is 7.25. The van der Waals surface area contributed by atoms with Gasteiger partial charge in [-0.15, -0.1) is 0 Å². The Labute approximate surface area is 112 Å². The number of aromatic nitrogens is 2. The van der Waals surface area contributed by atoms with Gasteiger partial charge in [0.2, 0.25) is 0 Å². The first kappa shape index (κ1) is 13.2. The fourth-order valence-corrected chi connectivity index (χ4v) is 1.64. The molecule has 0 bridgehead atoms. The van der Waals surface area contributed by atoms with Gasteiger partial charge in [-0.3, -0.25) is 0 Å². The summed E-state index contributed by atoms with van der Waals surface area (Å²) in [5.74, 6) is 0.789. The average Bonchev–Trinajstić information content (AvgIpc) is 3.09. The lowest BCUT2D eigenvalue weighted by molar-refractivity contribution is 0.412. The van der Waals surface area contributed by atoms with Gasteiger partial charge in [0.05, 0.1) is 6.54 Å². The fraction of sp³-hybridized carbons (Fsp3) is 0.385. The summed E-state index contributed by atoms with van der Waals surface area (Å²) in [5.41, 5.74) is 0.822. The molecule has 0 spiro atoms. The summed E-state index contributed by atoms with van der Waals surface area (Å²) in [7, 11) is 0. The Bertz CT molecular complexity index is 475. The molecule has 2 rings (SSSR count). The smallest absolute Gasteiger partial charge is 0.191 e. The highest BCUT2D eigenvalue weighted by Gasteiger charge is 1.99. The molecule has 2 aromatic heterocycles. The number of hydrogen-bond donors (Lipinski definition) is 2. The molecule has 0 aliphatic heterocycles. The summed E-state index contributed by atoms with van der Waals surface area (Å²) in [6.07, 6.45) is 5.64. The molecule has 0 aliphatic carbocycles. The number of rotatable bonds is 6. The first-order chi connectivity index (χ1) is 9.38. The van der Waals surface area contributed by atoms with Crippen LogP contribution >= 0.6 is 0 Å². The lowest BCUT2D eigenvalue weighted by Gasteiger charge is -2.11. The Morgan fingerprint density at radius 2 is 2.21 bits per heavy atom. The van der Waals surface area contributed by atoms with Gasteiger partial charge in [0.15, 0.2) is 5.96 Å². The van der Waals surface area contributed by atoms with Crippen LogP contribution in [0.4, 0.5) is 0 Å². The lowest BCUT2D eigenvalue weighted by atomic mass is 10.4. The summed E-state index contributed by atoms with van der Waals surface area (Å²) >= 11 is 0. The van der Waals surface area contributed by atoms with Crippen LogP contribution in [0.1, 0.15) is 12.6 Å². The van der Waals surface area contributed by atoms with Crippen LogP contribution < -0.4 is 10.6 Å². The third kappa shape index (κ3) is 4.50. The molecule has 0 aromatic carbocycles. The van der Waals surface area contributed by atoms with Crippen LogP contribution in [-0.4, -0.2) is 28.8 Å². The zero-order valence-electron chi connectivity index (χ0n) is 11.0. The molecule has 19 heavy (non-hydrogen) atoms. The van der Waals surface area contributed by atoms with E-state index < -0.39 is 0 Å². The third-order valence-corrected chi connectivity index (χ3v) is 2.56. The number of aliphatic imine (C=N–C) groups is 1. The van der Waals surface area contributed by atoms with Crippen LogP contribution in [0, 0.1) is 0 Å². The first-order valence-corrected chi connectivity index (χ1v) is 6.40. The van der Waals surface area contributed by atoms with Gasteiger partial charge >= 0.3 is 0 Å². The summed E-state index contributed by atoms with van der Waals surface area (Å²) in [4.78, 5) is 4.44. The van der Waals surface area contributed by atoms with Gasteiger partial charge in [-0.25, -0.2) is 4.99 Å². The molecule has 0 radical (unpaired) electrons. The van der Waals surface area contributed by atoms with Crippen molar-refractivity contribution >= 4 is 5.96 Å². The predicted octanol–water partition coefficient (Wildman–Crippen LogP) is 1.23. The van der Waals surface area contributed by atoms with E-state index in [0.29, 0.717) is 6.54 Å². The Morgan fingerprint density at radius 1 is 1.37 bits per heavy atom. The van der Waals surface area contributed by atoms with Crippen LogP contribution in [0.5, 0.6) is 0 Å². The van der Waals surface area contributed by atoms with Crippen LogP contribution in [0.25, 0.3) is 0 Å². The van der Waals surface area contributed by atoms with Crippen molar-refractivity contribution in [2.24, 2.45) is 4.99 Å². The van der Waals surface area contributed by atoms with E-state index in [1.54, 1.807) is 6.26 Å². The van der Waals surface area contributed by atoms with Gasteiger partial charge in [0, 0.05) is 38.1 Å². The SMILES string of the molecule is CCNC(=NCc1ccon1)NCCn1cccc1. The summed E-state index contributed by atoms with van der Waals surface area (Å²) < 4.78 is 6.89. The van der Waals surface area contributed by atoms with Gasteiger partial charge < -0.3 is 19.7 Å². The van der Waals surface area contributed by atoms with Crippen molar-refractivity contribution in [1.82, 2.24) is 20.4 Å². The number of nitrogens with one attached hydrogen (secondary N) is 2. The van der Waals surface area contributed by atoms with E-state index >= 15 is 0 Å². The molecule has 0 amide bonds. The minimum absolute atomic E-state index is 0.509. The van der Waals surface area contributed by atoms with E-state index in [1.165, 1.54) is 0 Å². The van der Waals surface area contributed by atoms with Crippen molar-refractivity contribution in [3.63, 3.8) is 0 Å². The zero-order valence-corrected chi connectivity index (χ0v) is 11.0. The van der Waals surface area contributed by atoms with Gasteiger partial charge in [0.1, 0.15) is 12.0 Å². The van der Waals surface area contributed by atoms with E-state index in [1.807, 2.05) is 37.5 Å². The maximum atomic E-state index is 4.77. The largest absolute Gasteiger partial charge is 0.364 e. The molecule has 0 unspecified atom stereocenters. The summed E-state index contributed by atoms with van der Waals surface area (Å²) in [6, 6.07) is 5.85. The van der Waals surface area contributed by atoms with Crippen LogP contribution in [0.3, 0.4) is 0 Å². The van der Waals surface area contributed by atoms with Crippen molar-refractivity contribution in [1.29, 1.82) is 0 Å². The molecule has 2 aromatic rings. The molecule has 6 nitrogen and oxygen atoms in total. The van der Waals surface area contributed by atoms with E-state index in [-0.39, 0.29) is 0 Å². The molecule has 6 heteroatoms. The van der Waals surface area contributed by atoms with E-state index in [9.17, 15) is 0 Å². The van der Waals surface area contributed by atoms with Crippen molar-refractivity contribution in [3.8, 4) is 0 Å². The molecule has 0 saturated heterocycles. The lowest BCUT2D eigenvalue weighted by Crippen LogP contribution is -2.38. The van der Waals surface area contributed by atoms with Gasteiger partial charge in [0.25, 0.3) is 0 Å². The molecule has 2 heterocycles. The van der Waals surface area contributed by atoms with Crippen molar-refractivity contribution in [2.45, 2.75) is 20.0 Å². The Balaban J connectivity index is 1.79. The Morgan fingerprint density at radius 3 is 2.89 bits per heavy atom. The van der Waals surface area contributed by atoms with E-state index in [2.05, 4.69) is 25.3 Å². The van der Waals surface area contributed by atoms with Crippen LogP contribution in [-0.2, 0) is 13.1 Å². The first-order valence-electron chi connectivity index (χ1n) is 6.40. The van der Waals surface area contributed by atoms with Gasteiger partial charge in [-0.05, 0) is 19.1 Å². The minimum atomic E-state index is 0.509. The Hall–Kier alpha value is -2.24.